The molecule has 3 N–H and O–H groups in total. The third kappa shape index (κ3) is 3.06. The van der Waals surface area contributed by atoms with Crippen molar-refractivity contribution in [2.24, 2.45) is 0 Å². The molecule has 2 aromatic carbocycles. The number of aliphatic hydroxyl groups excluding tert-OH is 1. The highest BCUT2D eigenvalue weighted by atomic mass is 35.5. The summed E-state index contributed by atoms with van der Waals surface area (Å²) in [7, 11) is 0. The van der Waals surface area contributed by atoms with Crippen LogP contribution >= 0.6 is 11.6 Å². The zero-order valence-electron chi connectivity index (χ0n) is 11.3. The molecule has 0 heterocycles. The SMILES string of the molecule is CCC(CO)(Nc1cccc(Cl)c1)c1ccc(O)cc1. The van der Waals surface area contributed by atoms with Crippen LogP contribution in [0.3, 0.4) is 0 Å². The van der Waals surface area contributed by atoms with Crippen molar-refractivity contribution in [3.8, 4) is 5.75 Å². The lowest BCUT2D eigenvalue weighted by Crippen LogP contribution is -2.38. The summed E-state index contributed by atoms with van der Waals surface area (Å²) in [6.45, 7) is 1.95. The Kier molecular flexibility index (Phi) is 4.53. The first-order chi connectivity index (χ1) is 9.59. The normalized spacial score (nSPS) is 13.8. The molecular formula is C16H18ClNO2. The molecule has 0 spiro atoms. The van der Waals surface area contributed by atoms with E-state index in [1.807, 2.05) is 37.3 Å². The molecular weight excluding hydrogens is 274 g/mol. The smallest absolute Gasteiger partial charge is 0.115 e. The second kappa shape index (κ2) is 6.16. The fourth-order valence-electron chi connectivity index (χ4n) is 2.23. The van der Waals surface area contributed by atoms with Gasteiger partial charge in [-0.15, -0.1) is 0 Å². The average molecular weight is 292 g/mol. The van der Waals surface area contributed by atoms with Crippen molar-refractivity contribution >= 4 is 17.3 Å². The Labute approximate surface area is 123 Å². The van der Waals surface area contributed by atoms with E-state index in [4.69, 9.17) is 11.6 Å². The van der Waals surface area contributed by atoms with Crippen LogP contribution < -0.4 is 5.32 Å². The molecule has 4 heteroatoms. The minimum atomic E-state index is -0.599. The Balaban J connectivity index is 2.36. The van der Waals surface area contributed by atoms with Crippen molar-refractivity contribution in [2.75, 3.05) is 11.9 Å². The van der Waals surface area contributed by atoms with Gasteiger partial charge in [0.15, 0.2) is 0 Å². The number of benzene rings is 2. The lowest BCUT2D eigenvalue weighted by atomic mass is 9.87. The standard InChI is InChI=1S/C16H18ClNO2/c1-2-16(11-19,12-6-8-15(20)9-7-12)18-14-5-3-4-13(17)10-14/h3-10,18-20H,2,11H2,1H3. The van der Waals surface area contributed by atoms with Gasteiger partial charge in [-0.1, -0.05) is 36.7 Å². The predicted molar refractivity (Wildman–Crippen MR) is 82.2 cm³/mol. The van der Waals surface area contributed by atoms with Gasteiger partial charge in [0.25, 0.3) is 0 Å². The fraction of sp³-hybridized carbons (Fsp3) is 0.250. The first-order valence-electron chi connectivity index (χ1n) is 6.54. The molecule has 2 aromatic rings. The highest BCUT2D eigenvalue weighted by molar-refractivity contribution is 6.30. The number of nitrogens with one attached hydrogen (secondary N) is 1. The van der Waals surface area contributed by atoms with Gasteiger partial charge in [-0.2, -0.15) is 0 Å². The number of anilines is 1. The van der Waals surface area contributed by atoms with Crippen molar-refractivity contribution in [2.45, 2.75) is 18.9 Å². The Bertz CT molecular complexity index is 565. The summed E-state index contributed by atoms with van der Waals surface area (Å²) < 4.78 is 0. The minimum absolute atomic E-state index is 0.0548. The van der Waals surface area contributed by atoms with Gasteiger partial charge in [0.2, 0.25) is 0 Å². The Morgan fingerprint density at radius 1 is 1.15 bits per heavy atom. The average Bonchev–Trinajstić information content (AvgIpc) is 2.46. The summed E-state index contributed by atoms with van der Waals surface area (Å²) in [5.41, 5.74) is 1.17. The molecule has 0 aromatic heterocycles. The number of aliphatic hydroxyl groups is 1. The lowest BCUT2D eigenvalue weighted by molar-refractivity contribution is 0.207. The molecule has 2 rings (SSSR count). The molecule has 3 nitrogen and oxygen atoms in total. The number of rotatable bonds is 5. The summed E-state index contributed by atoms with van der Waals surface area (Å²) in [5, 5.41) is 23.3. The van der Waals surface area contributed by atoms with Crippen molar-refractivity contribution in [1.82, 2.24) is 0 Å². The third-order valence-corrected chi connectivity index (χ3v) is 3.74. The van der Waals surface area contributed by atoms with Crippen LogP contribution in [0.25, 0.3) is 0 Å². The Hall–Kier alpha value is -1.71. The molecule has 1 unspecified atom stereocenters. The molecule has 0 bridgehead atoms. The van der Waals surface area contributed by atoms with E-state index in [2.05, 4.69) is 5.32 Å². The summed E-state index contributed by atoms with van der Waals surface area (Å²) in [4.78, 5) is 0. The number of phenols is 1. The van der Waals surface area contributed by atoms with E-state index >= 15 is 0 Å². The number of aromatic hydroxyl groups is 1. The lowest BCUT2D eigenvalue weighted by Gasteiger charge is -2.34. The van der Waals surface area contributed by atoms with Gasteiger partial charge in [0, 0.05) is 10.7 Å². The number of hydrogen-bond donors (Lipinski definition) is 3. The van der Waals surface area contributed by atoms with E-state index < -0.39 is 5.54 Å². The monoisotopic (exact) mass is 291 g/mol. The second-order valence-corrected chi connectivity index (χ2v) is 5.21. The minimum Gasteiger partial charge on any atom is -0.508 e. The molecule has 0 aliphatic carbocycles. The second-order valence-electron chi connectivity index (χ2n) is 4.78. The van der Waals surface area contributed by atoms with Gasteiger partial charge in [-0.3, -0.25) is 0 Å². The van der Waals surface area contributed by atoms with Crippen LogP contribution in [0.5, 0.6) is 5.75 Å². The van der Waals surface area contributed by atoms with Crippen molar-refractivity contribution in [1.29, 1.82) is 0 Å². The molecule has 0 aliphatic heterocycles. The molecule has 0 radical (unpaired) electrons. The van der Waals surface area contributed by atoms with Crippen LogP contribution in [0, 0.1) is 0 Å². The van der Waals surface area contributed by atoms with Crippen molar-refractivity contribution in [3.63, 3.8) is 0 Å². The van der Waals surface area contributed by atoms with Crippen LogP contribution in [-0.4, -0.2) is 16.8 Å². The van der Waals surface area contributed by atoms with E-state index in [9.17, 15) is 10.2 Å². The largest absolute Gasteiger partial charge is 0.508 e. The molecule has 1 atom stereocenters. The molecule has 0 saturated heterocycles. The molecule has 0 saturated carbocycles. The van der Waals surface area contributed by atoms with Gasteiger partial charge in [0.1, 0.15) is 5.75 Å². The Morgan fingerprint density at radius 3 is 2.40 bits per heavy atom. The predicted octanol–water partition coefficient (Wildman–Crippen LogP) is 3.76. The molecule has 20 heavy (non-hydrogen) atoms. The Morgan fingerprint density at radius 2 is 1.85 bits per heavy atom. The van der Waals surface area contributed by atoms with Gasteiger partial charge in [-0.05, 0) is 42.3 Å². The van der Waals surface area contributed by atoms with Crippen LogP contribution in [-0.2, 0) is 5.54 Å². The fourth-order valence-corrected chi connectivity index (χ4v) is 2.42. The quantitative estimate of drug-likeness (QED) is 0.786. The maximum absolute atomic E-state index is 9.87. The van der Waals surface area contributed by atoms with Crippen molar-refractivity contribution < 1.29 is 10.2 Å². The number of phenolic OH excluding ortho intramolecular Hbond substituents is 1. The van der Waals surface area contributed by atoms with Gasteiger partial charge < -0.3 is 15.5 Å². The molecule has 0 aliphatic rings. The summed E-state index contributed by atoms with van der Waals surface area (Å²) in [6, 6.07) is 14.3. The van der Waals surface area contributed by atoms with E-state index in [1.54, 1.807) is 18.2 Å². The van der Waals surface area contributed by atoms with Crippen LogP contribution in [0.4, 0.5) is 5.69 Å². The summed E-state index contributed by atoms with van der Waals surface area (Å²) >= 11 is 5.99. The number of hydrogen-bond acceptors (Lipinski definition) is 3. The first kappa shape index (κ1) is 14.7. The molecule has 0 amide bonds. The first-order valence-corrected chi connectivity index (χ1v) is 6.91. The van der Waals surface area contributed by atoms with Crippen LogP contribution in [0.2, 0.25) is 5.02 Å². The van der Waals surface area contributed by atoms with E-state index in [1.165, 1.54) is 0 Å². The third-order valence-electron chi connectivity index (χ3n) is 3.50. The van der Waals surface area contributed by atoms with Crippen LogP contribution in [0.15, 0.2) is 48.5 Å². The zero-order valence-corrected chi connectivity index (χ0v) is 12.1. The summed E-state index contributed by atoms with van der Waals surface area (Å²) in [6.07, 6.45) is 0.695. The maximum Gasteiger partial charge on any atom is 0.115 e. The highest BCUT2D eigenvalue weighted by Crippen LogP contribution is 2.31. The summed E-state index contributed by atoms with van der Waals surface area (Å²) in [5.74, 6) is 0.208. The topological polar surface area (TPSA) is 52.5 Å². The van der Waals surface area contributed by atoms with Gasteiger partial charge >= 0.3 is 0 Å². The van der Waals surface area contributed by atoms with E-state index in [-0.39, 0.29) is 12.4 Å². The van der Waals surface area contributed by atoms with E-state index in [0.717, 1.165) is 11.3 Å². The highest BCUT2D eigenvalue weighted by Gasteiger charge is 2.29. The number of halogens is 1. The van der Waals surface area contributed by atoms with Crippen molar-refractivity contribution in [3.05, 3.63) is 59.1 Å². The zero-order chi connectivity index (χ0) is 14.6. The molecule has 0 fully saturated rings. The van der Waals surface area contributed by atoms with Gasteiger partial charge in [0.05, 0.1) is 12.1 Å². The van der Waals surface area contributed by atoms with E-state index in [0.29, 0.717) is 11.4 Å². The van der Waals surface area contributed by atoms with Gasteiger partial charge in [-0.25, -0.2) is 0 Å². The molecule has 106 valence electrons. The maximum atomic E-state index is 9.87. The van der Waals surface area contributed by atoms with Crippen LogP contribution in [0.1, 0.15) is 18.9 Å².